The molecule has 0 aromatic heterocycles. The highest BCUT2D eigenvalue weighted by molar-refractivity contribution is 5.87. The predicted molar refractivity (Wildman–Crippen MR) is 36.8 cm³/mol. The number of rotatable bonds is 3. The van der Waals surface area contributed by atoms with Crippen LogP contribution in [0.25, 0.3) is 0 Å². The van der Waals surface area contributed by atoms with Gasteiger partial charge in [0.15, 0.2) is 0 Å². The Kier molecular flexibility index (Phi) is 2.09. The van der Waals surface area contributed by atoms with Crippen molar-refractivity contribution >= 4 is 11.9 Å². The Morgan fingerprint density at radius 1 is 1.55 bits per heavy atom. The van der Waals surface area contributed by atoms with Gasteiger partial charge in [-0.3, -0.25) is 9.59 Å². The van der Waals surface area contributed by atoms with E-state index in [9.17, 15) is 9.59 Å². The lowest BCUT2D eigenvalue weighted by Gasteiger charge is -2.07. The number of nitrogens with zero attached hydrogens (tertiary/aromatic N) is 1. The second-order valence-corrected chi connectivity index (χ2v) is 2.53. The van der Waals surface area contributed by atoms with E-state index in [4.69, 9.17) is 10.8 Å². The van der Waals surface area contributed by atoms with Gasteiger partial charge in [0, 0.05) is 13.1 Å². The topological polar surface area (TPSA) is 83.4 Å². The van der Waals surface area contributed by atoms with Gasteiger partial charge in [0.1, 0.15) is 0 Å². The highest BCUT2D eigenvalue weighted by Crippen LogP contribution is 2.06. The SMILES string of the molecule is N[C@@H](CC(=O)O)C(=O)N1CC1. The van der Waals surface area contributed by atoms with Crippen LogP contribution < -0.4 is 5.73 Å². The van der Waals surface area contributed by atoms with Crippen LogP contribution >= 0.6 is 0 Å². The first-order chi connectivity index (χ1) is 5.11. The van der Waals surface area contributed by atoms with Crippen LogP contribution in [0.1, 0.15) is 6.42 Å². The largest absolute Gasteiger partial charge is 0.481 e. The third-order valence-electron chi connectivity index (χ3n) is 1.47. The Morgan fingerprint density at radius 3 is 2.45 bits per heavy atom. The molecule has 0 spiro atoms. The van der Waals surface area contributed by atoms with Gasteiger partial charge in [0.25, 0.3) is 0 Å². The van der Waals surface area contributed by atoms with Gasteiger partial charge in [0.05, 0.1) is 12.5 Å². The van der Waals surface area contributed by atoms with Gasteiger partial charge in [-0.25, -0.2) is 0 Å². The first-order valence-electron chi connectivity index (χ1n) is 3.37. The zero-order valence-electron chi connectivity index (χ0n) is 5.99. The fourth-order valence-corrected chi connectivity index (χ4v) is 0.780. The van der Waals surface area contributed by atoms with E-state index in [2.05, 4.69) is 0 Å². The third kappa shape index (κ3) is 2.19. The predicted octanol–water partition coefficient (Wildman–Crippen LogP) is -1.37. The molecule has 1 aliphatic rings. The number of carboxylic acids is 1. The van der Waals surface area contributed by atoms with Crippen LogP contribution in [0, 0.1) is 0 Å². The molecule has 1 saturated heterocycles. The van der Waals surface area contributed by atoms with Crippen LogP contribution in [0.4, 0.5) is 0 Å². The van der Waals surface area contributed by atoms with Crippen molar-refractivity contribution in [3.8, 4) is 0 Å². The quantitative estimate of drug-likeness (QED) is 0.496. The molecule has 1 fully saturated rings. The number of carbonyl (C=O) groups excluding carboxylic acids is 1. The van der Waals surface area contributed by atoms with Crippen molar-refractivity contribution in [2.75, 3.05) is 13.1 Å². The first kappa shape index (κ1) is 8.00. The smallest absolute Gasteiger partial charge is 0.305 e. The van der Waals surface area contributed by atoms with E-state index in [-0.39, 0.29) is 12.3 Å². The second kappa shape index (κ2) is 2.87. The van der Waals surface area contributed by atoms with E-state index in [1.54, 1.807) is 0 Å². The van der Waals surface area contributed by atoms with Crippen molar-refractivity contribution in [2.45, 2.75) is 12.5 Å². The molecule has 1 heterocycles. The lowest BCUT2D eigenvalue weighted by atomic mass is 10.2. The van der Waals surface area contributed by atoms with Crippen LogP contribution in [0.15, 0.2) is 0 Å². The zero-order chi connectivity index (χ0) is 8.43. The summed E-state index contributed by atoms with van der Waals surface area (Å²) in [5, 5.41) is 8.28. The molecule has 5 nitrogen and oxygen atoms in total. The maximum atomic E-state index is 11.0. The molecule has 0 radical (unpaired) electrons. The third-order valence-corrected chi connectivity index (χ3v) is 1.47. The summed E-state index contributed by atoms with van der Waals surface area (Å²) in [5.41, 5.74) is 5.29. The molecule has 11 heavy (non-hydrogen) atoms. The van der Waals surface area contributed by atoms with Crippen molar-refractivity contribution in [1.82, 2.24) is 4.90 Å². The van der Waals surface area contributed by atoms with Gasteiger partial charge in [-0.15, -0.1) is 0 Å². The molecule has 0 unspecified atom stereocenters. The van der Waals surface area contributed by atoms with E-state index in [1.807, 2.05) is 0 Å². The molecular formula is C6H10N2O3. The second-order valence-electron chi connectivity index (χ2n) is 2.53. The molecule has 62 valence electrons. The lowest BCUT2D eigenvalue weighted by Crippen LogP contribution is -2.37. The molecule has 1 rings (SSSR count). The summed E-state index contributed by atoms with van der Waals surface area (Å²) in [6, 6.07) is -0.866. The molecule has 1 aliphatic heterocycles. The van der Waals surface area contributed by atoms with Crippen LogP contribution in [-0.4, -0.2) is 41.0 Å². The summed E-state index contributed by atoms with van der Waals surface area (Å²) in [6.07, 6.45) is -0.282. The van der Waals surface area contributed by atoms with Crippen LogP contribution in [0.3, 0.4) is 0 Å². The van der Waals surface area contributed by atoms with Gasteiger partial charge in [-0.2, -0.15) is 0 Å². The number of aliphatic carboxylic acids is 1. The van der Waals surface area contributed by atoms with E-state index in [1.165, 1.54) is 4.90 Å². The molecular weight excluding hydrogens is 148 g/mol. The van der Waals surface area contributed by atoms with Crippen molar-refractivity contribution in [3.63, 3.8) is 0 Å². The monoisotopic (exact) mass is 158 g/mol. The highest BCUT2D eigenvalue weighted by atomic mass is 16.4. The zero-order valence-corrected chi connectivity index (χ0v) is 5.99. The normalized spacial score (nSPS) is 17.7. The minimum atomic E-state index is -1.03. The minimum Gasteiger partial charge on any atom is -0.481 e. The van der Waals surface area contributed by atoms with Gasteiger partial charge in [-0.1, -0.05) is 0 Å². The van der Waals surface area contributed by atoms with Crippen LogP contribution in [-0.2, 0) is 9.59 Å². The molecule has 0 aromatic rings. The van der Waals surface area contributed by atoms with Crippen LogP contribution in [0.2, 0.25) is 0 Å². The van der Waals surface area contributed by atoms with Gasteiger partial charge >= 0.3 is 5.97 Å². The average Bonchev–Trinajstić information content (AvgIpc) is 2.65. The number of amides is 1. The number of hydrogen-bond donors (Lipinski definition) is 2. The van der Waals surface area contributed by atoms with Gasteiger partial charge in [0.2, 0.25) is 5.91 Å². The minimum absolute atomic E-state index is 0.257. The maximum absolute atomic E-state index is 11.0. The summed E-state index contributed by atoms with van der Waals surface area (Å²) in [4.78, 5) is 22.6. The molecule has 0 aliphatic carbocycles. The Bertz CT molecular complexity index is 188. The number of hydrogen-bond acceptors (Lipinski definition) is 3. The highest BCUT2D eigenvalue weighted by Gasteiger charge is 2.29. The standard InChI is InChI=1S/C6H10N2O3/c7-4(3-5(9)10)6(11)8-1-2-8/h4H,1-3,7H2,(H,9,10)/t4-/m0/s1. The number of carbonyl (C=O) groups is 2. The number of nitrogens with two attached hydrogens (primary N) is 1. The molecule has 0 saturated carbocycles. The Labute approximate surface area is 63.8 Å². The summed E-state index contributed by atoms with van der Waals surface area (Å²) in [7, 11) is 0. The molecule has 5 heteroatoms. The first-order valence-corrected chi connectivity index (χ1v) is 3.37. The Hall–Kier alpha value is -1.10. The molecule has 3 N–H and O–H groups in total. The van der Waals surface area contributed by atoms with Crippen molar-refractivity contribution in [2.24, 2.45) is 5.73 Å². The van der Waals surface area contributed by atoms with E-state index in [0.29, 0.717) is 13.1 Å². The molecule has 1 amide bonds. The molecule has 1 atom stereocenters. The molecule has 0 bridgehead atoms. The van der Waals surface area contributed by atoms with Gasteiger partial charge < -0.3 is 15.7 Å². The van der Waals surface area contributed by atoms with Crippen molar-refractivity contribution in [1.29, 1.82) is 0 Å². The van der Waals surface area contributed by atoms with E-state index < -0.39 is 12.0 Å². The molecule has 0 aromatic carbocycles. The van der Waals surface area contributed by atoms with Crippen molar-refractivity contribution < 1.29 is 14.7 Å². The van der Waals surface area contributed by atoms with Crippen molar-refractivity contribution in [3.05, 3.63) is 0 Å². The summed E-state index contributed by atoms with van der Waals surface area (Å²) < 4.78 is 0. The van der Waals surface area contributed by atoms with E-state index in [0.717, 1.165) is 0 Å². The Balaban J connectivity index is 2.33. The maximum Gasteiger partial charge on any atom is 0.305 e. The summed E-state index contributed by atoms with van der Waals surface area (Å²) in [5.74, 6) is -1.29. The fraction of sp³-hybridized carbons (Fsp3) is 0.667. The van der Waals surface area contributed by atoms with Crippen LogP contribution in [0.5, 0.6) is 0 Å². The average molecular weight is 158 g/mol. The van der Waals surface area contributed by atoms with Gasteiger partial charge in [-0.05, 0) is 0 Å². The lowest BCUT2D eigenvalue weighted by molar-refractivity contribution is -0.140. The Morgan fingerprint density at radius 2 is 2.09 bits per heavy atom. The summed E-state index contributed by atoms with van der Waals surface area (Å²) >= 11 is 0. The fourth-order valence-electron chi connectivity index (χ4n) is 0.780. The summed E-state index contributed by atoms with van der Waals surface area (Å²) in [6.45, 7) is 1.43. The van der Waals surface area contributed by atoms with E-state index >= 15 is 0 Å². The number of carboxylic acid groups (broad SMARTS) is 1.